The van der Waals surface area contributed by atoms with Gasteiger partial charge in [0.1, 0.15) is 11.0 Å². The second-order valence-corrected chi connectivity index (χ2v) is 6.60. The van der Waals surface area contributed by atoms with Crippen LogP contribution in [0.25, 0.3) is 22.1 Å². The van der Waals surface area contributed by atoms with Gasteiger partial charge in [-0.2, -0.15) is 0 Å². The number of hydrogen-bond donors (Lipinski definition) is 0. The van der Waals surface area contributed by atoms with Gasteiger partial charge >= 0.3 is 0 Å². The number of rotatable bonds is 7. The van der Waals surface area contributed by atoms with E-state index in [-0.39, 0.29) is 0 Å². The number of hydrogen-bond acceptors (Lipinski definition) is 6. The van der Waals surface area contributed by atoms with E-state index in [1.807, 2.05) is 57.9 Å². The second-order valence-electron chi connectivity index (χ2n) is 6.60. The summed E-state index contributed by atoms with van der Waals surface area (Å²) in [4.78, 5) is 4.47. The fraction of sp³-hybridized carbons (Fsp3) is 0.333. The summed E-state index contributed by atoms with van der Waals surface area (Å²) in [6, 6.07) is 16.0. The molecule has 0 aliphatic heterocycles. The molecule has 2 aromatic carbocycles. The van der Waals surface area contributed by atoms with E-state index in [0.29, 0.717) is 13.3 Å². The molecule has 2 aromatic heterocycles. The number of benzene rings is 2. The van der Waals surface area contributed by atoms with Crippen LogP contribution in [0.1, 0.15) is 0 Å². The van der Waals surface area contributed by atoms with E-state index in [0.717, 1.165) is 35.2 Å². The summed E-state index contributed by atoms with van der Waals surface area (Å²) in [5.74, 6) is 0. The number of para-hydroxylation sites is 2. The highest BCUT2D eigenvalue weighted by Crippen LogP contribution is 2.11. The van der Waals surface area contributed by atoms with Crippen molar-refractivity contribution < 1.29 is 0 Å². The summed E-state index contributed by atoms with van der Waals surface area (Å²) in [5.41, 5.74) is 3.97. The second kappa shape index (κ2) is 7.19. The first kappa shape index (κ1) is 16.6. The van der Waals surface area contributed by atoms with Crippen LogP contribution in [0.5, 0.6) is 0 Å². The van der Waals surface area contributed by atoms with Crippen molar-refractivity contribution in [3.63, 3.8) is 0 Å². The quantitative estimate of drug-likeness (QED) is 0.505. The normalized spacial score (nSPS) is 12.0. The molecule has 4 aromatic rings. The minimum atomic E-state index is 0.709. The number of likely N-dealkylation sites (N-methyl/N-ethyl adjacent to an activating group) is 2. The Morgan fingerprint density at radius 3 is 1.58 bits per heavy atom. The number of aromatic nitrogens is 6. The SMILES string of the molecule is CN(CCN(C)Cn1nnc2ccccc21)Cn1nnc2ccccc21. The molecule has 8 nitrogen and oxygen atoms in total. The maximum atomic E-state index is 4.25. The molecule has 0 N–H and O–H groups in total. The Balaban J connectivity index is 1.33. The van der Waals surface area contributed by atoms with Crippen LogP contribution in [0.3, 0.4) is 0 Å². The van der Waals surface area contributed by atoms with Gasteiger partial charge in [-0.1, -0.05) is 34.7 Å². The van der Waals surface area contributed by atoms with Gasteiger partial charge in [-0.15, -0.1) is 10.2 Å². The molecule has 0 saturated carbocycles. The summed E-state index contributed by atoms with van der Waals surface area (Å²) in [6.07, 6.45) is 0. The van der Waals surface area contributed by atoms with Crippen LogP contribution >= 0.6 is 0 Å². The zero-order chi connectivity index (χ0) is 17.9. The van der Waals surface area contributed by atoms with E-state index in [4.69, 9.17) is 0 Å². The Kier molecular flexibility index (Phi) is 4.59. The van der Waals surface area contributed by atoms with Gasteiger partial charge < -0.3 is 0 Å². The van der Waals surface area contributed by atoms with Gasteiger partial charge in [-0.25, -0.2) is 9.36 Å². The van der Waals surface area contributed by atoms with Crippen LogP contribution in [0.4, 0.5) is 0 Å². The van der Waals surface area contributed by atoms with Gasteiger partial charge in [0, 0.05) is 13.1 Å². The summed E-state index contributed by atoms with van der Waals surface area (Å²) >= 11 is 0. The van der Waals surface area contributed by atoms with Crippen LogP contribution in [-0.4, -0.2) is 67.0 Å². The zero-order valence-corrected chi connectivity index (χ0v) is 15.0. The third-order valence-electron chi connectivity index (χ3n) is 4.45. The standard InChI is InChI=1S/C18H22N8/c1-23(13-25-17-9-5-3-7-15(17)19-21-25)11-12-24(2)14-26-18-10-6-4-8-16(18)20-22-26/h3-10H,11-14H2,1-2H3. The Morgan fingerprint density at radius 1 is 0.692 bits per heavy atom. The summed E-state index contributed by atoms with van der Waals surface area (Å²) < 4.78 is 3.86. The first-order valence-corrected chi connectivity index (χ1v) is 8.64. The van der Waals surface area contributed by atoms with Crippen LogP contribution in [0.15, 0.2) is 48.5 Å². The van der Waals surface area contributed by atoms with E-state index in [1.54, 1.807) is 0 Å². The molecule has 0 radical (unpaired) electrons. The average molecular weight is 350 g/mol. The fourth-order valence-electron chi connectivity index (χ4n) is 2.98. The predicted octanol–water partition coefficient (Wildman–Crippen LogP) is 1.65. The van der Waals surface area contributed by atoms with Crippen LogP contribution < -0.4 is 0 Å². The highest BCUT2D eigenvalue weighted by Gasteiger charge is 2.09. The molecule has 8 heteroatoms. The van der Waals surface area contributed by atoms with E-state index in [2.05, 4.69) is 44.5 Å². The molecular weight excluding hydrogens is 328 g/mol. The van der Waals surface area contributed by atoms with Crippen molar-refractivity contribution >= 4 is 22.1 Å². The lowest BCUT2D eigenvalue weighted by Gasteiger charge is -2.22. The molecular formula is C18H22N8. The third kappa shape index (κ3) is 3.42. The third-order valence-corrected chi connectivity index (χ3v) is 4.45. The Labute approximate surface area is 151 Å². The van der Waals surface area contributed by atoms with Crippen LogP contribution in [0, 0.1) is 0 Å². The molecule has 26 heavy (non-hydrogen) atoms. The summed E-state index contributed by atoms with van der Waals surface area (Å²) in [7, 11) is 4.18. The van der Waals surface area contributed by atoms with Gasteiger partial charge in [0.05, 0.1) is 24.4 Å². The molecule has 134 valence electrons. The first-order chi connectivity index (χ1) is 12.7. The molecule has 0 aliphatic rings. The van der Waals surface area contributed by atoms with Crippen LogP contribution in [0.2, 0.25) is 0 Å². The van der Waals surface area contributed by atoms with E-state index < -0.39 is 0 Å². The lowest BCUT2D eigenvalue weighted by atomic mass is 10.3. The average Bonchev–Trinajstić information content (AvgIpc) is 3.25. The topological polar surface area (TPSA) is 67.9 Å². The minimum absolute atomic E-state index is 0.709. The smallest absolute Gasteiger partial charge is 0.113 e. The van der Waals surface area contributed by atoms with Gasteiger partial charge in [-0.05, 0) is 38.4 Å². The van der Waals surface area contributed by atoms with E-state index >= 15 is 0 Å². The van der Waals surface area contributed by atoms with E-state index in [1.165, 1.54) is 0 Å². The maximum absolute atomic E-state index is 4.25. The van der Waals surface area contributed by atoms with Crippen molar-refractivity contribution in [2.24, 2.45) is 0 Å². The van der Waals surface area contributed by atoms with Crippen molar-refractivity contribution in [1.82, 2.24) is 39.8 Å². The zero-order valence-electron chi connectivity index (χ0n) is 15.0. The molecule has 4 rings (SSSR count). The Bertz CT molecular complexity index is 922. The van der Waals surface area contributed by atoms with Gasteiger partial charge in [0.2, 0.25) is 0 Å². The van der Waals surface area contributed by atoms with E-state index in [9.17, 15) is 0 Å². The minimum Gasteiger partial charge on any atom is -0.286 e. The number of fused-ring (bicyclic) bond motifs is 2. The van der Waals surface area contributed by atoms with Gasteiger partial charge in [0.25, 0.3) is 0 Å². The lowest BCUT2D eigenvalue weighted by Crippen LogP contribution is -2.33. The molecule has 0 atom stereocenters. The monoisotopic (exact) mass is 350 g/mol. The molecule has 2 heterocycles. The summed E-state index contributed by atoms with van der Waals surface area (Å²) in [6.45, 7) is 3.25. The predicted molar refractivity (Wildman–Crippen MR) is 100 cm³/mol. The largest absolute Gasteiger partial charge is 0.286 e. The molecule has 0 unspecified atom stereocenters. The molecule has 0 fully saturated rings. The molecule has 0 spiro atoms. The summed E-state index contributed by atoms with van der Waals surface area (Å²) in [5, 5.41) is 16.9. The van der Waals surface area contributed by atoms with Crippen molar-refractivity contribution in [3.05, 3.63) is 48.5 Å². The molecule has 0 saturated heterocycles. The highest BCUT2D eigenvalue weighted by atomic mass is 15.5. The Morgan fingerprint density at radius 2 is 1.12 bits per heavy atom. The van der Waals surface area contributed by atoms with Crippen molar-refractivity contribution in [2.45, 2.75) is 13.3 Å². The fourth-order valence-corrected chi connectivity index (χ4v) is 2.98. The molecule has 0 bridgehead atoms. The van der Waals surface area contributed by atoms with Gasteiger partial charge in [-0.3, -0.25) is 9.80 Å². The van der Waals surface area contributed by atoms with Gasteiger partial charge in [0.15, 0.2) is 0 Å². The van der Waals surface area contributed by atoms with Crippen molar-refractivity contribution in [2.75, 3.05) is 27.2 Å². The highest BCUT2D eigenvalue weighted by molar-refractivity contribution is 5.74. The van der Waals surface area contributed by atoms with Crippen molar-refractivity contribution in [3.8, 4) is 0 Å². The maximum Gasteiger partial charge on any atom is 0.113 e. The van der Waals surface area contributed by atoms with Crippen LogP contribution in [-0.2, 0) is 13.3 Å². The molecule has 0 amide bonds. The molecule has 0 aliphatic carbocycles. The Hall–Kier alpha value is -2.84. The van der Waals surface area contributed by atoms with Crippen molar-refractivity contribution in [1.29, 1.82) is 0 Å². The number of nitrogens with zero attached hydrogens (tertiary/aromatic N) is 8. The lowest BCUT2D eigenvalue weighted by molar-refractivity contribution is 0.189. The first-order valence-electron chi connectivity index (χ1n) is 8.64.